The molecule has 18 heavy (non-hydrogen) atoms. The van der Waals surface area contributed by atoms with Crippen LogP contribution in [0.3, 0.4) is 0 Å². The maximum Gasteiger partial charge on any atom is 0.181 e. The second kappa shape index (κ2) is 7.49. The predicted octanol–water partition coefficient (Wildman–Crippen LogP) is 3.86. The Morgan fingerprint density at radius 3 is 2.50 bits per heavy atom. The lowest BCUT2D eigenvalue weighted by Crippen LogP contribution is -2.02. The molecule has 2 nitrogen and oxygen atoms in total. The quantitative estimate of drug-likeness (QED) is 0.731. The van der Waals surface area contributed by atoms with Gasteiger partial charge in [-0.3, -0.25) is 4.18 Å². The van der Waals surface area contributed by atoms with Gasteiger partial charge in [-0.15, -0.1) is 0 Å². The van der Waals surface area contributed by atoms with Crippen molar-refractivity contribution in [1.82, 2.24) is 0 Å². The van der Waals surface area contributed by atoms with Gasteiger partial charge < -0.3 is 0 Å². The Hall–Kier alpha value is -0.930. The largest absolute Gasteiger partial charge is 0.287 e. The van der Waals surface area contributed by atoms with Gasteiger partial charge in [0.15, 0.2) is 11.1 Å². The third kappa shape index (κ3) is 7.41. The van der Waals surface area contributed by atoms with E-state index in [0.29, 0.717) is 6.61 Å². The smallest absolute Gasteiger partial charge is 0.181 e. The molecular weight excluding hydrogens is 244 g/mol. The van der Waals surface area contributed by atoms with Crippen molar-refractivity contribution in [3.63, 3.8) is 0 Å². The molecule has 0 spiro atoms. The van der Waals surface area contributed by atoms with Gasteiger partial charge in [0.1, 0.15) is 0 Å². The molecule has 0 N–H and O–H groups in total. The van der Waals surface area contributed by atoms with Crippen LogP contribution in [0.25, 0.3) is 0 Å². The summed E-state index contributed by atoms with van der Waals surface area (Å²) in [7, 11) is 0. The molecule has 0 fully saturated rings. The Balaban J connectivity index is 2.19. The molecule has 0 aromatic heterocycles. The molecule has 3 heteroatoms. The summed E-state index contributed by atoms with van der Waals surface area (Å²) in [6.45, 7) is 6.72. The van der Waals surface area contributed by atoms with Crippen molar-refractivity contribution in [3.8, 4) is 0 Å². The highest BCUT2D eigenvalue weighted by atomic mass is 32.2. The lowest BCUT2D eigenvalue weighted by Gasteiger charge is -2.10. The number of aryl methyl sites for hydroxylation is 1. The normalized spacial score (nSPS) is 13.9. The van der Waals surface area contributed by atoms with Gasteiger partial charge in [0.2, 0.25) is 0 Å². The third-order valence-electron chi connectivity index (χ3n) is 2.33. The molecule has 1 aromatic carbocycles. The van der Waals surface area contributed by atoms with E-state index in [2.05, 4.69) is 32.9 Å². The summed E-state index contributed by atoms with van der Waals surface area (Å²) in [6, 6.07) is 10.3. The molecule has 1 aromatic rings. The zero-order valence-corrected chi connectivity index (χ0v) is 12.2. The third-order valence-corrected chi connectivity index (χ3v) is 3.09. The van der Waals surface area contributed by atoms with Crippen LogP contribution in [0.2, 0.25) is 0 Å². The van der Waals surface area contributed by atoms with E-state index in [1.54, 1.807) is 5.41 Å². The summed E-state index contributed by atoms with van der Waals surface area (Å²) in [5.74, 6) is 0. The van der Waals surface area contributed by atoms with Gasteiger partial charge in [0.05, 0.1) is 6.61 Å². The van der Waals surface area contributed by atoms with Gasteiger partial charge in [-0.2, -0.15) is 0 Å². The summed E-state index contributed by atoms with van der Waals surface area (Å²) >= 11 is -1.30. The van der Waals surface area contributed by atoms with Crippen molar-refractivity contribution in [1.29, 1.82) is 0 Å². The van der Waals surface area contributed by atoms with Crippen LogP contribution in [-0.2, 0) is 21.7 Å². The monoisotopic (exact) mass is 266 g/mol. The summed E-state index contributed by atoms with van der Waals surface area (Å²) in [5.41, 5.74) is 1.33. The lowest BCUT2D eigenvalue weighted by atomic mass is 9.98. The highest BCUT2D eigenvalue weighted by molar-refractivity contribution is 7.83. The van der Waals surface area contributed by atoms with Crippen LogP contribution in [0, 0.1) is 5.41 Å². The molecule has 0 saturated carbocycles. The molecule has 0 heterocycles. The highest BCUT2D eigenvalue weighted by Gasteiger charge is 2.05. The molecular formula is C15H22O2S. The van der Waals surface area contributed by atoms with Crippen molar-refractivity contribution in [2.75, 3.05) is 6.61 Å². The van der Waals surface area contributed by atoms with E-state index in [-0.39, 0.29) is 5.41 Å². The van der Waals surface area contributed by atoms with E-state index >= 15 is 0 Å². The lowest BCUT2D eigenvalue weighted by molar-refractivity contribution is 0.344. The summed E-state index contributed by atoms with van der Waals surface area (Å²) in [6.07, 6.45) is 3.76. The molecule has 0 aliphatic heterocycles. The minimum absolute atomic E-state index is 0.0447. The van der Waals surface area contributed by atoms with Crippen molar-refractivity contribution >= 4 is 11.1 Å². The van der Waals surface area contributed by atoms with E-state index in [4.69, 9.17) is 4.18 Å². The molecule has 1 unspecified atom stereocenters. The van der Waals surface area contributed by atoms with Crippen LogP contribution in [0.5, 0.6) is 0 Å². The van der Waals surface area contributed by atoms with E-state index in [0.717, 1.165) is 12.8 Å². The molecule has 0 bridgehead atoms. The minimum Gasteiger partial charge on any atom is -0.287 e. The second-order valence-electron chi connectivity index (χ2n) is 5.34. The van der Waals surface area contributed by atoms with E-state index in [9.17, 15) is 4.21 Å². The topological polar surface area (TPSA) is 26.3 Å². The SMILES string of the molecule is CC(C)(C)/C=C/S(=O)OCCCc1ccccc1. The van der Waals surface area contributed by atoms with Crippen LogP contribution < -0.4 is 0 Å². The van der Waals surface area contributed by atoms with Crippen LogP contribution >= 0.6 is 0 Å². The molecule has 0 radical (unpaired) electrons. The predicted molar refractivity (Wildman–Crippen MR) is 77.5 cm³/mol. The summed E-state index contributed by atoms with van der Waals surface area (Å²) in [5, 5.41) is 1.63. The first-order valence-corrected chi connectivity index (χ1v) is 7.38. The van der Waals surface area contributed by atoms with Gasteiger partial charge in [-0.25, -0.2) is 4.21 Å². The number of hydrogen-bond donors (Lipinski definition) is 0. The van der Waals surface area contributed by atoms with Crippen LogP contribution in [0.1, 0.15) is 32.8 Å². The zero-order chi connectivity index (χ0) is 13.4. The first-order valence-electron chi connectivity index (χ1n) is 6.24. The number of benzene rings is 1. The van der Waals surface area contributed by atoms with Crippen LogP contribution in [-0.4, -0.2) is 10.8 Å². The fourth-order valence-electron chi connectivity index (χ4n) is 1.36. The number of allylic oxidation sites excluding steroid dienone is 1. The Labute approximate surface area is 113 Å². The average molecular weight is 266 g/mol. The standard InChI is InChI=1S/C15H22O2S/c1-15(2,3)11-13-18(16)17-12-7-10-14-8-5-4-6-9-14/h4-6,8-9,11,13H,7,10,12H2,1-3H3/b13-11+. The van der Waals surface area contributed by atoms with Crippen molar-refractivity contribution in [2.45, 2.75) is 33.6 Å². The van der Waals surface area contributed by atoms with Crippen LogP contribution in [0.4, 0.5) is 0 Å². The van der Waals surface area contributed by atoms with Gasteiger partial charge >= 0.3 is 0 Å². The first kappa shape index (κ1) is 15.1. The maximum atomic E-state index is 11.5. The van der Waals surface area contributed by atoms with Gasteiger partial charge in [0, 0.05) is 5.41 Å². The number of rotatable bonds is 6. The average Bonchev–Trinajstić information content (AvgIpc) is 2.33. The van der Waals surface area contributed by atoms with E-state index in [1.165, 1.54) is 5.56 Å². The molecule has 0 aliphatic carbocycles. The van der Waals surface area contributed by atoms with Crippen molar-refractivity contribution in [3.05, 3.63) is 47.4 Å². The Kier molecular flexibility index (Phi) is 6.30. The van der Waals surface area contributed by atoms with Crippen molar-refractivity contribution < 1.29 is 8.39 Å². The van der Waals surface area contributed by atoms with Gasteiger partial charge in [-0.1, -0.05) is 57.2 Å². The fourth-order valence-corrected chi connectivity index (χ4v) is 2.24. The molecule has 0 aliphatic rings. The molecule has 1 rings (SSSR count). The zero-order valence-electron chi connectivity index (χ0n) is 11.4. The van der Waals surface area contributed by atoms with Gasteiger partial charge in [-0.05, 0) is 23.8 Å². The Morgan fingerprint density at radius 2 is 1.89 bits per heavy atom. The van der Waals surface area contributed by atoms with Gasteiger partial charge in [0.25, 0.3) is 0 Å². The Bertz CT molecular complexity index is 391. The summed E-state index contributed by atoms with van der Waals surface area (Å²) < 4.78 is 16.7. The summed E-state index contributed by atoms with van der Waals surface area (Å²) in [4.78, 5) is 0. The minimum atomic E-state index is -1.30. The van der Waals surface area contributed by atoms with E-state index < -0.39 is 11.1 Å². The Morgan fingerprint density at radius 1 is 1.22 bits per heavy atom. The fraction of sp³-hybridized carbons (Fsp3) is 0.467. The molecule has 0 amide bonds. The second-order valence-corrected chi connectivity index (χ2v) is 6.37. The molecule has 100 valence electrons. The maximum absolute atomic E-state index is 11.5. The molecule has 1 atom stereocenters. The number of hydrogen-bond acceptors (Lipinski definition) is 2. The van der Waals surface area contributed by atoms with Crippen molar-refractivity contribution in [2.24, 2.45) is 5.41 Å². The molecule has 0 saturated heterocycles. The van der Waals surface area contributed by atoms with E-state index in [1.807, 2.05) is 24.3 Å². The highest BCUT2D eigenvalue weighted by Crippen LogP contribution is 2.15. The van der Waals surface area contributed by atoms with Crippen LogP contribution in [0.15, 0.2) is 41.8 Å². The first-order chi connectivity index (χ1) is 8.47.